The second-order valence-corrected chi connectivity index (χ2v) is 10.9. The summed E-state index contributed by atoms with van der Waals surface area (Å²) in [6.07, 6.45) is -1.32. The van der Waals surface area contributed by atoms with Crippen LogP contribution in [0.1, 0.15) is 34.8 Å². The van der Waals surface area contributed by atoms with E-state index >= 15 is 0 Å². The van der Waals surface area contributed by atoms with E-state index in [1.54, 1.807) is 47.8 Å². The Labute approximate surface area is 267 Å². The second kappa shape index (κ2) is 14.9. The van der Waals surface area contributed by atoms with Crippen molar-refractivity contribution in [3.05, 3.63) is 125 Å². The van der Waals surface area contributed by atoms with E-state index in [9.17, 15) is 45.1 Å². The number of nitrogens with zero attached hydrogens (tertiary/aromatic N) is 1. The van der Waals surface area contributed by atoms with Crippen molar-refractivity contribution in [1.82, 2.24) is 10.3 Å². The van der Waals surface area contributed by atoms with Crippen LogP contribution in [0.15, 0.2) is 89.7 Å². The summed E-state index contributed by atoms with van der Waals surface area (Å²) in [5.41, 5.74) is -3.58. The Hall–Kier alpha value is -5.18. The molecular formula is C32H23F7N4O3S. The van der Waals surface area contributed by atoms with E-state index in [1.165, 1.54) is 49.7 Å². The molecular weight excluding hydrogens is 653 g/mol. The molecule has 7 nitrogen and oxygen atoms in total. The van der Waals surface area contributed by atoms with Crippen LogP contribution in [0.5, 0.6) is 0 Å². The maximum Gasteiger partial charge on any atom is 0.422 e. The van der Waals surface area contributed by atoms with Gasteiger partial charge in [-0.05, 0) is 54.5 Å². The topological polar surface area (TPSA) is 100 Å². The van der Waals surface area contributed by atoms with Crippen LogP contribution in [-0.4, -0.2) is 28.0 Å². The number of hydrogen-bond donors (Lipinski definition) is 3. The number of anilines is 2. The van der Waals surface area contributed by atoms with Gasteiger partial charge in [-0.1, -0.05) is 37.3 Å². The van der Waals surface area contributed by atoms with Gasteiger partial charge in [0.25, 0.3) is 11.8 Å². The number of benzene rings is 3. The van der Waals surface area contributed by atoms with Crippen LogP contribution in [0.25, 0.3) is 6.08 Å². The van der Waals surface area contributed by atoms with E-state index in [2.05, 4.69) is 15.6 Å². The molecule has 3 aromatic carbocycles. The van der Waals surface area contributed by atoms with Crippen LogP contribution >= 0.6 is 11.8 Å². The Bertz CT molecular complexity index is 1790. The molecule has 47 heavy (non-hydrogen) atoms. The highest BCUT2D eigenvalue weighted by Crippen LogP contribution is 2.39. The van der Waals surface area contributed by atoms with Crippen LogP contribution in [0.2, 0.25) is 0 Å². The molecule has 3 amide bonds. The van der Waals surface area contributed by atoms with Gasteiger partial charge in [0.1, 0.15) is 16.9 Å². The largest absolute Gasteiger partial charge is 0.422 e. The second-order valence-electron chi connectivity index (χ2n) is 9.65. The normalized spacial score (nSPS) is 12.3. The SMILES string of the molecule is CCC(Sc1cccc(NC(=O)/C(=C/c2cccnc2)NC(=O)c2ccccc2)c1)C(=O)Nc1c(F)c(F)c(C(F)(F)F)c(F)c1F. The van der Waals surface area contributed by atoms with Gasteiger partial charge in [0.15, 0.2) is 23.3 Å². The van der Waals surface area contributed by atoms with Crippen LogP contribution in [0.3, 0.4) is 0 Å². The maximum atomic E-state index is 14.4. The molecule has 0 radical (unpaired) electrons. The maximum absolute atomic E-state index is 14.4. The van der Waals surface area contributed by atoms with Gasteiger partial charge < -0.3 is 16.0 Å². The minimum Gasteiger partial charge on any atom is -0.321 e. The predicted molar refractivity (Wildman–Crippen MR) is 161 cm³/mol. The number of carbonyl (C=O) groups is 3. The van der Waals surface area contributed by atoms with E-state index in [-0.39, 0.29) is 17.8 Å². The molecule has 0 fully saturated rings. The van der Waals surface area contributed by atoms with E-state index in [1.807, 2.05) is 0 Å². The quantitative estimate of drug-likeness (QED) is 0.0697. The standard InChI is InChI=1S/C32H23F7N4O3S/c1-2-22(31(46)43-28-26(35)24(33)23(32(37,38)39)25(34)27(28)36)47-20-12-6-11-19(15-20)41-30(45)21(14-17-8-7-13-40-16-17)42-29(44)18-9-4-3-5-10-18/h3-16,22H,2H2,1H3,(H,41,45)(H,42,44)(H,43,46)/b21-14-. The van der Waals surface area contributed by atoms with Crippen molar-refractivity contribution in [2.45, 2.75) is 29.7 Å². The smallest absolute Gasteiger partial charge is 0.321 e. The minimum atomic E-state index is -5.73. The van der Waals surface area contributed by atoms with Crippen molar-refractivity contribution in [1.29, 1.82) is 0 Å². The molecule has 1 aromatic heterocycles. The third kappa shape index (κ3) is 8.55. The molecule has 4 rings (SSSR count). The molecule has 0 saturated carbocycles. The van der Waals surface area contributed by atoms with Crippen molar-refractivity contribution >= 4 is 46.9 Å². The van der Waals surface area contributed by atoms with Gasteiger partial charge in [0.05, 0.1) is 5.25 Å². The van der Waals surface area contributed by atoms with Gasteiger partial charge in [0, 0.05) is 28.5 Å². The van der Waals surface area contributed by atoms with Gasteiger partial charge >= 0.3 is 6.18 Å². The summed E-state index contributed by atoms with van der Waals surface area (Å²) in [5, 5.41) is 5.70. The molecule has 1 unspecified atom stereocenters. The average Bonchev–Trinajstić information content (AvgIpc) is 3.04. The first-order valence-corrected chi connectivity index (χ1v) is 14.5. The highest BCUT2D eigenvalue weighted by molar-refractivity contribution is 8.00. The summed E-state index contributed by atoms with van der Waals surface area (Å²) in [4.78, 5) is 43.3. The summed E-state index contributed by atoms with van der Waals surface area (Å²) in [5.74, 6) is -12.7. The summed E-state index contributed by atoms with van der Waals surface area (Å²) in [6, 6.07) is 17.4. The van der Waals surface area contributed by atoms with Crippen LogP contribution in [0, 0.1) is 23.3 Å². The lowest BCUT2D eigenvalue weighted by Gasteiger charge is -2.18. The lowest BCUT2D eigenvalue weighted by molar-refractivity contribution is -0.143. The first-order valence-electron chi connectivity index (χ1n) is 13.6. The third-order valence-electron chi connectivity index (χ3n) is 6.35. The Balaban J connectivity index is 1.52. The number of nitrogens with one attached hydrogen (secondary N) is 3. The molecule has 1 atom stereocenters. The monoisotopic (exact) mass is 676 g/mol. The zero-order valence-corrected chi connectivity index (χ0v) is 24.9. The third-order valence-corrected chi connectivity index (χ3v) is 7.71. The highest BCUT2D eigenvalue weighted by atomic mass is 32.2. The zero-order valence-electron chi connectivity index (χ0n) is 24.1. The van der Waals surface area contributed by atoms with E-state index < -0.39 is 63.7 Å². The number of aromatic nitrogens is 1. The van der Waals surface area contributed by atoms with Gasteiger partial charge in [-0.15, -0.1) is 11.8 Å². The fourth-order valence-electron chi connectivity index (χ4n) is 4.10. The first-order chi connectivity index (χ1) is 22.3. The fourth-order valence-corrected chi connectivity index (χ4v) is 5.11. The molecule has 0 aliphatic carbocycles. The van der Waals surface area contributed by atoms with E-state index in [4.69, 9.17) is 0 Å². The zero-order chi connectivity index (χ0) is 34.3. The fraction of sp³-hybridized carbons (Fsp3) is 0.125. The summed E-state index contributed by atoms with van der Waals surface area (Å²) >= 11 is 0.835. The number of amides is 3. The van der Waals surface area contributed by atoms with Crippen molar-refractivity contribution in [2.24, 2.45) is 0 Å². The van der Waals surface area contributed by atoms with Gasteiger partial charge in [-0.2, -0.15) is 13.2 Å². The van der Waals surface area contributed by atoms with Gasteiger partial charge in [0.2, 0.25) is 5.91 Å². The Kier molecular flexibility index (Phi) is 11.0. The summed E-state index contributed by atoms with van der Waals surface area (Å²) in [6.45, 7) is 1.51. The predicted octanol–water partition coefficient (Wildman–Crippen LogP) is 7.58. The molecule has 3 N–H and O–H groups in total. The van der Waals surface area contributed by atoms with Crippen LogP contribution in [-0.2, 0) is 15.8 Å². The Morgan fingerprint density at radius 3 is 2.15 bits per heavy atom. The number of carbonyl (C=O) groups excluding carboxylic acids is 3. The first kappa shape index (κ1) is 34.7. The molecule has 1 heterocycles. The highest BCUT2D eigenvalue weighted by Gasteiger charge is 2.42. The van der Waals surface area contributed by atoms with Crippen molar-refractivity contribution in [2.75, 3.05) is 10.6 Å². The molecule has 0 bridgehead atoms. The Morgan fingerprint density at radius 2 is 1.55 bits per heavy atom. The number of halogens is 7. The molecule has 15 heteroatoms. The summed E-state index contributed by atoms with van der Waals surface area (Å²) < 4.78 is 95.6. The number of thioether (sulfide) groups is 1. The van der Waals surface area contributed by atoms with Crippen molar-refractivity contribution in [3.63, 3.8) is 0 Å². The van der Waals surface area contributed by atoms with Crippen LogP contribution < -0.4 is 16.0 Å². The van der Waals surface area contributed by atoms with E-state index in [0.29, 0.717) is 16.0 Å². The number of pyridine rings is 1. The molecule has 0 aliphatic heterocycles. The minimum absolute atomic E-state index is 0.00540. The van der Waals surface area contributed by atoms with Gasteiger partial charge in [-0.3, -0.25) is 19.4 Å². The number of hydrogen-bond acceptors (Lipinski definition) is 5. The van der Waals surface area contributed by atoms with Gasteiger partial charge in [-0.25, -0.2) is 17.6 Å². The lowest BCUT2D eigenvalue weighted by Crippen LogP contribution is -2.30. The molecule has 0 saturated heterocycles. The number of alkyl halides is 3. The molecule has 0 spiro atoms. The number of rotatable bonds is 10. The summed E-state index contributed by atoms with van der Waals surface area (Å²) in [7, 11) is 0. The van der Waals surface area contributed by atoms with Crippen LogP contribution in [0.4, 0.5) is 42.1 Å². The molecule has 0 aliphatic rings. The van der Waals surface area contributed by atoms with Crippen molar-refractivity contribution in [3.8, 4) is 0 Å². The lowest BCUT2D eigenvalue weighted by atomic mass is 10.1. The Morgan fingerprint density at radius 1 is 0.872 bits per heavy atom. The van der Waals surface area contributed by atoms with Crippen molar-refractivity contribution < 1.29 is 45.1 Å². The molecule has 244 valence electrons. The van der Waals surface area contributed by atoms with E-state index in [0.717, 1.165) is 11.8 Å². The molecule has 4 aromatic rings. The average molecular weight is 677 g/mol.